The molecule has 2 aromatic rings. The van der Waals surface area contributed by atoms with Crippen LogP contribution in [0.15, 0.2) is 53.2 Å². The summed E-state index contributed by atoms with van der Waals surface area (Å²) < 4.78 is 10.2. The molecule has 27 heavy (non-hydrogen) atoms. The molecule has 0 atom stereocenters. The number of amides is 1. The molecule has 0 radical (unpaired) electrons. The average Bonchev–Trinajstić information content (AvgIpc) is 3.17. The number of benzene rings is 1. The van der Waals surface area contributed by atoms with Crippen molar-refractivity contribution in [1.29, 1.82) is 0 Å². The molecular formula is C19H20N2O6. The standard InChI is InChI=1S/C19H20N2O6/c1-2-26-19(23)11-12-20(14-17-4-3-13-27-17)18(22)10-7-15-5-8-16(9-6-15)21(24)25/h3-10,13H,2,11-12,14H2,1H3/b10-7+. The fraction of sp³-hybridized carbons (Fsp3) is 0.263. The normalized spacial score (nSPS) is 10.7. The van der Waals surface area contributed by atoms with Gasteiger partial charge in [0.1, 0.15) is 5.76 Å². The van der Waals surface area contributed by atoms with E-state index in [1.54, 1.807) is 37.3 Å². The number of nitro benzene ring substituents is 1. The lowest BCUT2D eigenvalue weighted by Crippen LogP contribution is -2.31. The average molecular weight is 372 g/mol. The van der Waals surface area contributed by atoms with E-state index in [4.69, 9.17) is 9.15 Å². The number of hydrogen-bond donors (Lipinski definition) is 0. The highest BCUT2D eigenvalue weighted by Crippen LogP contribution is 2.13. The summed E-state index contributed by atoms with van der Waals surface area (Å²) in [5, 5.41) is 10.7. The number of nitrogens with zero attached hydrogens (tertiary/aromatic N) is 2. The molecule has 0 spiro atoms. The molecule has 0 N–H and O–H groups in total. The molecule has 0 aliphatic heterocycles. The lowest BCUT2D eigenvalue weighted by Gasteiger charge is -2.19. The maximum atomic E-state index is 12.5. The van der Waals surface area contributed by atoms with Gasteiger partial charge in [-0.05, 0) is 42.8 Å². The van der Waals surface area contributed by atoms with Crippen LogP contribution >= 0.6 is 0 Å². The van der Waals surface area contributed by atoms with E-state index in [-0.39, 0.29) is 43.7 Å². The molecule has 0 saturated heterocycles. The van der Waals surface area contributed by atoms with Crippen LogP contribution in [0.2, 0.25) is 0 Å². The van der Waals surface area contributed by atoms with E-state index in [2.05, 4.69) is 0 Å². The zero-order chi connectivity index (χ0) is 19.6. The summed E-state index contributed by atoms with van der Waals surface area (Å²) in [6.07, 6.45) is 4.50. The van der Waals surface area contributed by atoms with Crippen molar-refractivity contribution in [2.75, 3.05) is 13.2 Å². The van der Waals surface area contributed by atoms with Gasteiger partial charge < -0.3 is 14.1 Å². The van der Waals surface area contributed by atoms with Gasteiger partial charge in [-0.25, -0.2) is 0 Å². The van der Waals surface area contributed by atoms with Gasteiger partial charge in [0.25, 0.3) is 5.69 Å². The largest absolute Gasteiger partial charge is 0.467 e. The highest BCUT2D eigenvalue weighted by molar-refractivity contribution is 5.92. The first-order valence-electron chi connectivity index (χ1n) is 8.39. The minimum Gasteiger partial charge on any atom is -0.467 e. The summed E-state index contributed by atoms with van der Waals surface area (Å²) in [6, 6.07) is 9.30. The van der Waals surface area contributed by atoms with Crippen LogP contribution in [-0.4, -0.2) is 34.9 Å². The molecule has 0 aliphatic carbocycles. The second-order valence-corrected chi connectivity index (χ2v) is 5.58. The van der Waals surface area contributed by atoms with Gasteiger partial charge in [-0.3, -0.25) is 19.7 Å². The smallest absolute Gasteiger partial charge is 0.307 e. The van der Waals surface area contributed by atoms with Gasteiger partial charge in [-0.2, -0.15) is 0 Å². The Hall–Kier alpha value is -3.42. The Kier molecular flexibility index (Phi) is 7.30. The highest BCUT2D eigenvalue weighted by atomic mass is 16.6. The van der Waals surface area contributed by atoms with Crippen LogP contribution in [0.5, 0.6) is 0 Å². The van der Waals surface area contributed by atoms with Gasteiger partial charge in [0.05, 0.1) is 30.8 Å². The third-order valence-corrected chi connectivity index (χ3v) is 3.65. The number of furan rings is 1. The molecule has 8 heteroatoms. The molecule has 0 saturated carbocycles. The van der Waals surface area contributed by atoms with Crippen LogP contribution in [0.3, 0.4) is 0 Å². The zero-order valence-corrected chi connectivity index (χ0v) is 14.9. The molecule has 1 aromatic heterocycles. The summed E-state index contributed by atoms with van der Waals surface area (Å²) >= 11 is 0. The minimum absolute atomic E-state index is 0.0210. The predicted molar refractivity (Wildman–Crippen MR) is 97.5 cm³/mol. The van der Waals surface area contributed by atoms with Gasteiger partial charge in [0.2, 0.25) is 5.91 Å². The molecule has 0 unspecified atom stereocenters. The van der Waals surface area contributed by atoms with Crippen molar-refractivity contribution in [2.24, 2.45) is 0 Å². The summed E-state index contributed by atoms with van der Waals surface area (Å²) in [5.74, 6) is -0.0981. The molecule has 1 heterocycles. The van der Waals surface area contributed by atoms with E-state index in [9.17, 15) is 19.7 Å². The van der Waals surface area contributed by atoms with Crippen LogP contribution in [-0.2, 0) is 20.9 Å². The van der Waals surface area contributed by atoms with E-state index in [0.29, 0.717) is 11.3 Å². The summed E-state index contributed by atoms with van der Waals surface area (Å²) in [4.78, 5) is 35.8. The third-order valence-electron chi connectivity index (χ3n) is 3.65. The van der Waals surface area contributed by atoms with Crippen molar-refractivity contribution < 1.29 is 23.7 Å². The SMILES string of the molecule is CCOC(=O)CCN(Cc1ccco1)C(=O)/C=C/c1ccc([N+](=O)[O-])cc1. The Morgan fingerprint density at radius 2 is 2.00 bits per heavy atom. The highest BCUT2D eigenvalue weighted by Gasteiger charge is 2.15. The molecule has 0 fully saturated rings. The topological polar surface area (TPSA) is 103 Å². The van der Waals surface area contributed by atoms with Gasteiger partial charge in [-0.15, -0.1) is 0 Å². The Labute approximate surface area is 156 Å². The van der Waals surface area contributed by atoms with Crippen LogP contribution in [0.25, 0.3) is 6.08 Å². The van der Waals surface area contributed by atoms with Gasteiger partial charge in [0.15, 0.2) is 0 Å². The fourth-order valence-electron chi connectivity index (χ4n) is 2.30. The fourth-order valence-corrected chi connectivity index (χ4v) is 2.30. The first-order chi connectivity index (χ1) is 13.0. The van der Waals surface area contributed by atoms with Crippen LogP contribution in [0, 0.1) is 10.1 Å². The molecule has 0 bridgehead atoms. The zero-order valence-electron chi connectivity index (χ0n) is 14.9. The Balaban J connectivity index is 2.04. The van der Waals surface area contributed by atoms with Crippen LogP contribution in [0.4, 0.5) is 5.69 Å². The number of hydrogen-bond acceptors (Lipinski definition) is 6. The van der Waals surface area contributed by atoms with Crippen LogP contribution in [0.1, 0.15) is 24.7 Å². The second kappa shape index (κ2) is 9.91. The molecule has 8 nitrogen and oxygen atoms in total. The molecule has 0 aliphatic rings. The van der Waals surface area contributed by atoms with Crippen molar-refractivity contribution in [1.82, 2.24) is 4.90 Å². The number of carbonyl (C=O) groups excluding carboxylic acids is 2. The molecule has 2 rings (SSSR count). The Morgan fingerprint density at radius 1 is 1.26 bits per heavy atom. The third kappa shape index (κ3) is 6.43. The number of ether oxygens (including phenoxy) is 1. The van der Waals surface area contributed by atoms with Crippen molar-refractivity contribution in [2.45, 2.75) is 19.9 Å². The van der Waals surface area contributed by atoms with Gasteiger partial charge >= 0.3 is 5.97 Å². The Bertz CT molecular complexity index is 796. The van der Waals surface area contributed by atoms with E-state index >= 15 is 0 Å². The quantitative estimate of drug-likeness (QED) is 0.290. The second-order valence-electron chi connectivity index (χ2n) is 5.58. The molecule has 1 amide bonds. The number of carbonyl (C=O) groups is 2. The Morgan fingerprint density at radius 3 is 2.59 bits per heavy atom. The minimum atomic E-state index is -0.487. The number of non-ortho nitro benzene ring substituents is 1. The van der Waals surface area contributed by atoms with Gasteiger partial charge in [-0.1, -0.05) is 0 Å². The van der Waals surface area contributed by atoms with E-state index < -0.39 is 4.92 Å². The predicted octanol–water partition coefficient (Wildman–Crippen LogP) is 3.18. The van der Waals surface area contributed by atoms with Crippen LogP contribution < -0.4 is 0 Å². The maximum Gasteiger partial charge on any atom is 0.307 e. The van der Waals surface area contributed by atoms with Crippen molar-refractivity contribution in [3.8, 4) is 0 Å². The van der Waals surface area contributed by atoms with Crippen molar-refractivity contribution in [3.05, 3.63) is 70.2 Å². The van der Waals surface area contributed by atoms with E-state index in [1.165, 1.54) is 29.4 Å². The van der Waals surface area contributed by atoms with Crippen molar-refractivity contribution >= 4 is 23.6 Å². The monoisotopic (exact) mass is 372 g/mol. The first-order valence-corrected chi connectivity index (χ1v) is 8.39. The number of esters is 1. The maximum absolute atomic E-state index is 12.5. The lowest BCUT2D eigenvalue weighted by molar-refractivity contribution is -0.384. The number of rotatable bonds is 9. The summed E-state index contributed by atoms with van der Waals surface area (Å²) in [7, 11) is 0. The van der Waals surface area contributed by atoms with E-state index in [0.717, 1.165) is 0 Å². The summed E-state index contributed by atoms with van der Waals surface area (Å²) in [5.41, 5.74) is 0.629. The molecular weight excluding hydrogens is 352 g/mol. The number of nitro groups is 1. The lowest BCUT2D eigenvalue weighted by atomic mass is 10.2. The first kappa shape index (κ1) is 19.9. The van der Waals surface area contributed by atoms with Crippen molar-refractivity contribution in [3.63, 3.8) is 0 Å². The van der Waals surface area contributed by atoms with E-state index in [1.807, 2.05) is 0 Å². The molecule has 1 aromatic carbocycles. The van der Waals surface area contributed by atoms with Gasteiger partial charge in [0, 0.05) is 24.8 Å². The summed E-state index contributed by atoms with van der Waals surface area (Å²) in [6.45, 7) is 2.40. The molecule has 142 valence electrons.